The Kier molecular flexibility index (Phi) is 7.32. The fourth-order valence-corrected chi connectivity index (χ4v) is 5.91. The first-order valence-corrected chi connectivity index (χ1v) is 12.8. The van der Waals surface area contributed by atoms with Crippen molar-refractivity contribution in [2.45, 2.75) is 24.9 Å². The number of amides is 2. The zero-order chi connectivity index (χ0) is 25.1. The molecule has 0 aliphatic carbocycles. The Hall–Kier alpha value is -3.50. The number of nitrogens with one attached hydrogen (secondary N) is 2. The molecule has 1 unspecified atom stereocenters. The number of oxime groups is 1. The molecular weight excluding hydrogens is 516 g/mol. The second-order valence-corrected chi connectivity index (χ2v) is 10.1. The van der Waals surface area contributed by atoms with Crippen LogP contribution in [0, 0.1) is 6.92 Å². The summed E-state index contributed by atoms with van der Waals surface area (Å²) in [7, 11) is 1.27. The van der Waals surface area contributed by atoms with E-state index in [-0.39, 0.29) is 28.0 Å². The molecule has 35 heavy (non-hydrogen) atoms. The first-order valence-electron chi connectivity index (χ1n) is 10.0. The average molecular weight is 537 g/mol. The molecule has 4 heterocycles. The van der Waals surface area contributed by atoms with E-state index >= 15 is 0 Å². The summed E-state index contributed by atoms with van der Waals surface area (Å²) in [5.74, 6) is -2.22. The molecule has 0 bridgehead atoms. The molecule has 2 aliphatic heterocycles. The van der Waals surface area contributed by atoms with E-state index in [9.17, 15) is 19.5 Å². The molecule has 2 aromatic rings. The number of thioether (sulfide) groups is 1. The molecule has 4 rings (SSSR count). The predicted molar refractivity (Wildman–Crippen MR) is 132 cm³/mol. The summed E-state index contributed by atoms with van der Waals surface area (Å²) in [6.45, 7) is 2.29. The Morgan fingerprint density at radius 1 is 1.37 bits per heavy atom. The van der Waals surface area contributed by atoms with Crippen molar-refractivity contribution in [3.8, 4) is 0 Å². The van der Waals surface area contributed by atoms with Crippen LogP contribution >= 0.6 is 34.4 Å². The van der Waals surface area contributed by atoms with Gasteiger partial charge in [0.1, 0.15) is 34.9 Å². The number of carboxylic acid groups (broad SMARTS) is 1. The van der Waals surface area contributed by atoms with Gasteiger partial charge in [-0.25, -0.2) is 14.8 Å². The minimum absolute atomic E-state index is 0.143. The van der Waals surface area contributed by atoms with Crippen LogP contribution in [0.15, 0.2) is 32.3 Å². The number of anilines is 1. The highest BCUT2D eigenvalue weighted by Gasteiger charge is 2.54. The average Bonchev–Trinajstić information content (AvgIpc) is 3.45. The Morgan fingerprint density at radius 2 is 2.17 bits per heavy atom. The molecule has 0 aromatic carbocycles. The lowest BCUT2D eigenvalue weighted by Gasteiger charge is -2.49. The third-order valence-electron chi connectivity index (χ3n) is 4.86. The number of aliphatic carboxylic acids is 1. The molecule has 0 spiro atoms. The summed E-state index contributed by atoms with van der Waals surface area (Å²) in [5.41, 5.74) is 9.65. The van der Waals surface area contributed by atoms with Gasteiger partial charge in [0.2, 0.25) is 0 Å². The molecule has 1 fully saturated rings. The number of hydrazone groups is 1. The van der Waals surface area contributed by atoms with Gasteiger partial charge in [0.25, 0.3) is 11.8 Å². The van der Waals surface area contributed by atoms with E-state index in [1.807, 2.05) is 12.3 Å². The number of nitrogen functional groups attached to an aromatic ring is 1. The van der Waals surface area contributed by atoms with Crippen LogP contribution < -0.4 is 16.5 Å². The quantitative estimate of drug-likeness (QED) is 0.198. The fourth-order valence-electron chi connectivity index (χ4n) is 3.36. The van der Waals surface area contributed by atoms with Crippen LogP contribution in [-0.4, -0.2) is 74.0 Å². The van der Waals surface area contributed by atoms with Gasteiger partial charge in [-0.1, -0.05) is 5.16 Å². The molecule has 16 heteroatoms. The van der Waals surface area contributed by atoms with Crippen molar-refractivity contribution in [2.24, 2.45) is 10.3 Å². The van der Waals surface area contributed by atoms with Crippen molar-refractivity contribution in [2.75, 3.05) is 18.6 Å². The minimum Gasteiger partial charge on any atom is -0.477 e. The number of carbonyl (C=O) groups is 3. The lowest BCUT2D eigenvalue weighted by atomic mass is 10.0. The van der Waals surface area contributed by atoms with Crippen LogP contribution in [0.3, 0.4) is 0 Å². The van der Waals surface area contributed by atoms with Gasteiger partial charge < -0.3 is 26.4 Å². The summed E-state index contributed by atoms with van der Waals surface area (Å²) in [6, 6.07) is -0.940. The predicted octanol–water partition coefficient (Wildman–Crippen LogP) is 0.355. The van der Waals surface area contributed by atoms with Gasteiger partial charge in [0, 0.05) is 27.8 Å². The van der Waals surface area contributed by atoms with Crippen molar-refractivity contribution >= 4 is 69.3 Å². The SMILES string of the molecule is CO/N=C(\C(=O)NC1C(=O)N2C(C(=O)O)=C(C=NNCc3nc(C)cs3)CS[C@H]12)c1csc(N)n1. The molecule has 0 saturated carbocycles. The van der Waals surface area contributed by atoms with Crippen LogP contribution in [0.25, 0.3) is 0 Å². The first kappa shape index (κ1) is 24.6. The zero-order valence-corrected chi connectivity index (χ0v) is 20.9. The second-order valence-electron chi connectivity index (χ2n) is 7.21. The van der Waals surface area contributed by atoms with Gasteiger partial charge >= 0.3 is 5.97 Å². The molecule has 2 aromatic heterocycles. The van der Waals surface area contributed by atoms with E-state index < -0.39 is 29.2 Å². The number of nitrogens with two attached hydrogens (primary N) is 1. The summed E-state index contributed by atoms with van der Waals surface area (Å²) < 4.78 is 0. The maximum atomic E-state index is 12.9. The molecule has 1 saturated heterocycles. The highest BCUT2D eigenvalue weighted by molar-refractivity contribution is 8.00. The van der Waals surface area contributed by atoms with Crippen molar-refractivity contribution in [3.63, 3.8) is 0 Å². The van der Waals surface area contributed by atoms with Gasteiger partial charge in [-0.3, -0.25) is 14.5 Å². The molecule has 184 valence electrons. The van der Waals surface area contributed by atoms with Gasteiger partial charge in [-0.05, 0) is 6.92 Å². The van der Waals surface area contributed by atoms with Crippen LogP contribution in [0.2, 0.25) is 0 Å². The van der Waals surface area contributed by atoms with Crippen LogP contribution in [0.1, 0.15) is 16.4 Å². The van der Waals surface area contributed by atoms with Gasteiger partial charge in [0.15, 0.2) is 10.8 Å². The fraction of sp³-hybridized carbons (Fsp3) is 0.316. The maximum absolute atomic E-state index is 12.9. The van der Waals surface area contributed by atoms with Crippen molar-refractivity contribution in [3.05, 3.63) is 38.4 Å². The Balaban J connectivity index is 1.45. The molecule has 5 N–H and O–H groups in total. The lowest BCUT2D eigenvalue weighted by molar-refractivity contribution is -0.150. The lowest BCUT2D eigenvalue weighted by Crippen LogP contribution is -2.71. The number of aryl methyl sites for hydroxylation is 1. The van der Waals surface area contributed by atoms with Gasteiger partial charge in [-0.15, -0.1) is 34.4 Å². The van der Waals surface area contributed by atoms with Crippen molar-refractivity contribution in [1.29, 1.82) is 0 Å². The number of carboxylic acids is 1. The van der Waals surface area contributed by atoms with E-state index in [4.69, 9.17) is 10.6 Å². The highest BCUT2D eigenvalue weighted by Crippen LogP contribution is 2.40. The van der Waals surface area contributed by atoms with Gasteiger partial charge in [-0.2, -0.15) is 5.10 Å². The third kappa shape index (κ3) is 5.13. The number of nitrogens with zero attached hydrogens (tertiary/aromatic N) is 5. The van der Waals surface area contributed by atoms with Gasteiger partial charge in [0.05, 0.1) is 12.8 Å². The Morgan fingerprint density at radius 3 is 2.80 bits per heavy atom. The summed E-state index contributed by atoms with van der Waals surface area (Å²) in [5, 5.41) is 24.1. The smallest absolute Gasteiger partial charge is 0.353 e. The molecule has 2 aliphatic rings. The third-order valence-corrected chi connectivity index (χ3v) is 7.80. The monoisotopic (exact) mass is 536 g/mol. The number of fused-ring (bicyclic) bond motifs is 1. The minimum atomic E-state index is -1.26. The summed E-state index contributed by atoms with van der Waals surface area (Å²) in [6.07, 6.45) is 1.39. The molecular formula is C19H20N8O5S3. The normalized spacial score (nSPS) is 20.0. The number of rotatable bonds is 9. The van der Waals surface area contributed by atoms with Crippen LogP contribution in [0.5, 0.6) is 0 Å². The number of hydrogen-bond acceptors (Lipinski definition) is 13. The van der Waals surface area contributed by atoms with E-state index in [0.29, 0.717) is 12.1 Å². The maximum Gasteiger partial charge on any atom is 0.353 e. The highest BCUT2D eigenvalue weighted by atomic mass is 32.2. The van der Waals surface area contributed by atoms with Crippen LogP contribution in [0.4, 0.5) is 5.13 Å². The number of carbonyl (C=O) groups excluding carboxylic acids is 2. The van der Waals surface area contributed by atoms with Crippen molar-refractivity contribution in [1.82, 2.24) is 25.6 Å². The number of β-lactam (4-membered cyclic amide) rings is 1. The number of hydrogen-bond donors (Lipinski definition) is 4. The van der Waals surface area contributed by atoms with E-state index in [1.54, 1.807) is 0 Å². The Bertz CT molecular complexity index is 1250. The van der Waals surface area contributed by atoms with E-state index in [2.05, 4.69) is 31.0 Å². The largest absolute Gasteiger partial charge is 0.477 e. The standard InChI is InChI=1S/C19H20N8O5S3/c1-8-5-33-11(23-8)4-22-21-3-9-6-34-17-13(16(29)27(17)14(9)18(30)31)25-15(28)12(26-32-2)10-7-35-19(20)24-10/h3,5,7,13,17,22H,4,6H2,1-2H3,(H2,20,24)(H,25,28)(H,30,31)/b21-3?,26-12-/t13?,17-/m1/s1. The topological polar surface area (TPSA) is 184 Å². The first-order chi connectivity index (χ1) is 16.8. The molecule has 13 nitrogen and oxygen atoms in total. The molecule has 2 amide bonds. The van der Waals surface area contributed by atoms with E-state index in [0.717, 1.165) is 26.9 Å². The summed E-state index contributed by atoms with van der Waals surface area (Å²) in [4.78, 5) is 51.9. The van der Waals surface area contributed by atoms with Crippen molar-refractivity contribution < 1.29 is 24.3 Å². The second kappa shape index (κ2) is 10.4. The molecule has 0 radical (unpaired) electrons. The summed E-state index contributed by atoms with van der Waals surface area (Å²) >= 11 is 3.93. The number of thiazole rings is 2. The van der Waals surface area contributed by atoms with Crippen LogP contribution in [-0.2, 0) is 25.8 Å². The zero-order valence-electron chi connectivity index (χ0n) is 18.4. The molecule has 2 atom stereocenters. The Labute approximate surface area is 211 Å². The van der Waals surface area contributed by atoms with E-state index in [1.165, 1.54) is 41.8 Å². The number of aromatic nitrogens is 2.